The average Bonchev–Trinajstić information content (AvgIpc) is 2.72. The van der Waals surface area contributed by atoms with Crippen molar-refractivity contribution in [2.75, 3.05) is 0 Å². The summed E-state index contributed by atoms with van der Waals surface area (Å²) in [5.74, 6) is 0.994. The second-order valence-corrected chi connectivity index (χ2v) is 6.31. The topological polar surface area (TPSA) is 58.5 Å². The zero-order valence-electron chi connectivity index (χ0n) is 9.78. The molecule has 1 aromatic rings. The van der Waals surface area contributed by atoms with Gasteiger partial charge in [0, 0.05) is 11.6 Å². The van der Waals surface area contributed by atoms with Crippen LogP contribution in [0.15, 0.2) is 52.5 Å². The van der Waals surface area contributed by atoms with Crippen molar-refractivity contribution in [3.63, 3.8) is 0 Å². The molecule has 0 heterocycles. The van der Waals surface area contributed by atoms with Crippen LogP contribution in [0.1, 0.15) is 12.8 Å². The van der Waals surface area contributed by atoms with Gasteiger partial charge in [0.15, 0.2) is 0 Å². The second-order valence-electron chi connectivity index (χ2n) is 4.65. The number of hydrogen-bond donors (Lipinski definition) is 1. The molecule has 2 atom stereocenters. The number of hydrazone groups is 1. The SMILES string of the molecule is O=S(=O)(N/N=C1/CC2C=CCC12)c1ccccc1. The van der Waals surface area contributed by atoms with E-state index in [1.807, 2.05) is 0 Å². The van der Waals surface area contributed by atoms with E-state index in [4.69, 9.17) is 0 Å². The lowest BCUT2D eigenvalue weighted by Crippen LogP contribution is -2.35. The van der Waals surface area contributed by atoms with E-state index in [1.165, 1.54) is 0 Å². The maximum absolute atomic E-state index is 11.9. The molecular weight excluding hydrogens is 248 g/mol. The van der Waals surface area contributed by atoms with Gasteiger partial charge in [0.2, 0.25) is 0 Å². The Kier molecular flexibility index (Phi) is 2.70. The molecule has 1 saturated carbocycles. The first-order valence-corrected chi connectivity index (χ1v) is 7.45. The second kappa shape index (κ2) is 4.24. The normalized spacial score (nSPS) is 27.9. The van der Waals surface area contributed by atoms with E-state index in [-0.39, 0.29) is 4.90 Å². The summed E-state index contributed by atoms with van der Waals surface area (Å²) in [6, 6.07) is 8.29. The molecule has 0 aromatic heterocycles. The van der Waals surface area contributed by atoms with Gasteiger partial charge in [-0.25, -0.2) is 4.83 Å². The number of hydrogen-bond acceptors (Lipinski definition) is 3. The third-order valence-corrected chi connectivity index (χ3v) is 4.75. The van der Waals surface area contributed by atoms with E-state index in [1.54, 1.807) is 30.3 Å². The van der Waals surface area contributed by atoms with Crippen LogP contribution in [0.3, 0.4) is 0 Å². The van der Waals surface area contributed by atoms with Gasteiger partial charge in [0.1, 0.15) is 0 Å². The fraction of sp³-hybridized carbons (Fsp3) is 0.308. The van der Waals surface area contributed by atoms with Gasteiger partial charge in [-0.3, -0.25) is 0 Å². The van der Waals surface area contributed by atoms with Crippen LogP contribution in [0.5, 0.6) is 0 Å². The van der Waals surface area contributed by atoms with E-state index in [0.29, 0.717) is 11.8 Å². The Labute approximate surface area is 106 Å². The third-order valence-electron chi connectivity index (χ3n) is 3.53. The predicted molar refractivity (Wildman–Crippen MR) is 69.6 cm³/mol. The van der Waals surface area contributed by atoms with Crippen LogP contribution in [-0.2, 0) is 10.0 Å². The molecule has 2 aliphatic rings. The standard InChI is InChI=1S/C13H14N2O2S/c16-18(17,11-6-2-1-3-7-11)15-14-13-9-10-5-4-8-12(10)13/h1-7,10,12,15H,8-9H2/b14-13-. The quantitative estimate of drug-likeness (QED) is 0.668. The van der Waals surface area contributed by atoms with E-state index in [2.05, 4.69) is 22.1 Å². The Morgan fingerprint density at radius 3 is 2.72 bits per heavy atom. The fourth-order valence-electron chi connectivity index (χ4n) is 2.43. The zero-order valence-corrected chi connectivity index (χ0v) is 10.6. The molecule has 3 rings (SSSR count). The van der Waals surface area contributed by atoms with Crippen molar-refractivity contribution in [1.82, 2.24) is 4.83 Å². The summed E-state index contributed by atoms with van der Waals surface area (Å²) in [7, 11) is -3.52. The molecule has 1 aromatic carbocycles. The molecule has 1 fully saturated rings. The molecule has 2 aliphatic carbocycles. The Morgan fingerprint density at radius 2 is 2.00 bits per heavy atom. The van der Waals surface area contributed by atoms with Crippen molar-refractivity contribution in [3.8, 4) is 0 Å². The first kappa shape index (κ1) is 11.5. The molecule has 18 heavy (non-hydrogen) atoms. The molecule has 4 nitrogen and oxygen atoms in total. The molecule has 0 bridgehead atoms. The Bertz CT molecular complexity index is 605. The number of rotatable bonds is 3. The Hall–Kier alpha value is -1.62. The monoisotopic (exact) mass is 262 g/mol. The van der Waals surface area contributed by atoms with Crippen molar-refractivity contribution >= 4 is 15.7 Å². The zero-order chi connectivity index (χ0) is 12.6. The summed E-state index contributed by atoms with van der Waals surface area (Å²) in [5, 5.41) is 4.06. The number of fused-ring (bicyclic) bond motifs is 1. The highest BCUT2D eigenvalue weighted by Gasteiger charge is 2.38. The lowest BCUT2D eigenvalue weighted by atomic mass is 9.74. The van der Waals surface area contributed by atoms with Crippen molar-refractivity contribution in [2.24, 2.45) is 16.9 Å². The summed E-state index contributed by atoms with van der Waals surface area (Å²) in [6.45, 7) is 0. The van der Waals surface area contributed by atoms with Crippen molar-refractivity contribution < 1.29 is 8.42 Å². The highest BCUT2D eigenvalue weighted by Crippen LogP contribution is 2.40. The van der Waals surface area contributed by atoms with Crippen molar-refractivity contribution in [2.45, 2.75) is 17.7 Å². The van der Waals surface area contributed by atoms with E-state index in [0.717, 1.165) is 18.6 Å². The molecule has 0 spiro atoms. The molecule has 1 N–H and O–H groups in total. The number of allylic oxidation sites excluding steroid dienone is 2. The molecule has 2 unspecified atom stereocenters. The highest BCUT2D eigenvalue weighted by atomic mass is 32.2. The molecular formula is C13H14N2O2S. The minimum absolute atomic E-state index is 0.245. The van der Waals surface area contributed by atoms with Gasteiger partial charge < -0.3 is 0 Å². The lowest BCUT2D eigenvalue weighted by Gasteiger charge is -2.31. The summed E-state index contributed by atoms with van der Waals surface area (Å²) < 4.78 is 23.9. The summed E-state index contributed by atoms with van der Waals surface area (Å²) in [4.78, 5) is 2.57. The number of nitrogens with one attached hydrogen (secondary N) is 1. The molecule has 0 saturated heterocycles. The van der Waals surface area contributed by atoms with Crippen LogP contribution in [0, 0.1) is 11.8 Å². The van der Waals surface area contributed by atoms with Gasteiger partial charge in [-0.1, -0.05) is 30.4 Å². The first-order valence-electron chi connectivity index (χ1n) is 5.97. The van der Waals surface area contributed by atoms with Crippen molar-refractivity contribution in [1.29, 1.82) is 0 Å². The highest BCUT2D eigenvalue weighted by molar-refractivity contribution is 7.89. The smallest absolute Gasteiger partial charge is 0.200 e. The molecule has 5 heteroatoms. The molecule has 0 amide bonds. The number of benzene rings is 1. The van der Waals surface area contributed by atoms with E-state index < -0.39 is 10.0 Å². The summed E-state index contributed by atoms with van der Waals surface area (Å²) in [6.07, 6.45) is 6.19. The van der Waals surface area contributed by atoms with Crippen LogP contribution >= 0.6 is 0 Å². The van der Waals surface area contributed by atoms with Crippen LogP contribution < -0.4 is 4.83 Å². The van der Waals surface area contributed by atoms with Gasteiger partial charge in [0.05, 0.1) is 4.90 Å². The maximum atomic E-state index is 11.9. The first-order chi connectivity index (χ1) is 8.67. The van der Waals surface area contributed by atoms with Crippen LogP contribution in [0.4, 0.5) is 0 Å². The third kappa shape index (κ3) is 1.95. The van der Waals surface area contributed by atoms with Gasteiger partial charge >= 0.3 is 0 Å². The van der Waals surface area contributed by atoms with Crippen LogP contribution in [-0.4, -0.2) is 14.1 Å². The van der Waals surface area contributed by atoms with Gasteiger partial charge in [-0.15, -0.1) is 0 Å². The fourth-order valence-corrected chi connectivity index (χ4v) is 3.29. The minimum atomic E-state index is -3.52. The van der Waals surface area contributed by atoms with Crippen LogP contribution in [0.25, 0.3) is 0 Å². The molecule has 0 aliphatic heterocycles. The Balaban J connectivity index is 1.72. The lowest BCUT2D eigenvalue weighted by molar-refractivity contribution is 0.463. The Morgan fingerprint density at radius 1 is 1.22 bits per heavy atom. The largest absolute Gasteiger partial charge is 0.276 e. The molecule has 94 valence electrons. The van der Waals surface area contributed by atoms with Gasteiger partial charge in [-0.05, 0) is 30.9 Å². The van der Waals surface area contributed by atoms with Crippen LogP contribution in [0.2, 0.25) is 0 Å². The maximum Gasteiger partial charge on any atom is 0.276 e. The number of sulfonamides is 1. The molecule has 0 radical (unpaired) electrons. The van der Waals surface area contributed by atoms with E-state index in [9.17, 15) is 8.42 Å². The summed E-state index contributed by atoms with van der Waals surface area (Å²) in [5.41, 5.74) is 0.963. The van der Waals surface area contributed by atoms with E-state index >= 15 is 0 Å². The van der Waals surface area contributed by atoms with Crippen molar-refractivity contribution in [3.05, 3.63) is 42.5 Å². The summed E-state index contributed by atoms with van der Waals surface area (Å²) >= 11 is 0. The average molecular weight is 262 g/mol. The minimum Gasteiger partial charge on any atom is -0.200 e. The van der Waals surface area contributed by atoms with Gasteiger partial charge in [-0.2, -0.15) is 13.5 Å². The van der Waals surface area contributed by atoms with Gasteiger partial charge in [0.25, 0.3) is 10.0 Å². The predicted octanol–water partition coefficient (Wildman–Crippen LogP) is 1.92. The number of nitrogens with zero attached hydrogens (tertiary/aromatic N) is 1.